The van der Waals surface area contributed by atoms with E-state index in [1.165, 1.54) is 6.08 Å². The van der Waals surface area contributed by atoms with Crippen molar-refractivity contribution >= 4 is 11.9 Å². The topological polar surface area (TPSA) is 52.6 Å². The van der Waals surface area contributed by atoms with E-state index >= 15 is 0 Å². The van der Waals surface area contributed by atoms with Crippen molar-refractivity contribution in [3.8, 4) is 0 Å². The molecule has 0 aliphatic rings. The third kappa shape index (κ3) is 8.74. The zero-order chi connectivity index (χ0) is 11.5. The predicted molar refractivity (Wildman–Crippen MR) is 56.2 cm³/mol. The van der Waals surface area contributed by atoms with Crippen LogP contribution in [0.2, 0.25) is 0 Å². The van der Waals surface area contributed by atoms with Crippen molar-refractivity contribution < 1.29 is 19.1 Å². The fourth-order valence-electron chi connectivity index (χ4n) is 0.690. The van der Waals surface area contributed by atoms with Crippen LogP contribution in [-0.4, -0.2) is 25.2 Å². The zero-order valence-corrected chi connectivity index (χ0v) is 8.90. The molecule has 84 valence electrons. The molecule has 0 N–H and O–H groups in total. The Balaban J connectivity index is 3.69. The van der Waals surface area contributed by atoms with Crippen LogP contribution < -0.4 is 0 Å². The highest BCUT2D eigenvalue weighted by atomic mass is 16.5. The molecule has 0 fully saturated rings. The van der Waals surface area contributed by atoms with Crippen LogP contribution >= 0.6 is 0 Å². The van der Waals surface area contributed by atoms with Crippen LogP contribution in [-0.2, 0) is 19.1 Å². The minimum absolute atomic E-state index is 0.133. The van der Waals surface area contributed by atoms with Gasteiger partial charge in [0.25, 0.3) is 0 Å². The van der Waals surface area contributed by atoms with Crippen LogP contribution in [0.3, 0.4) is 0 Å². The summed E-state index contributed by atoms with van der Waals surface area (Å²) in [6.07, 6.45) is 5.32. The number of esters is 2. The Morgan fingerprint density at radius 3 is 2.33 bits per heavy atom. The first-order valence-electron chi connectivity index (χ1n) is 4.83. The van der Waals surface area contributed by atoms with Crippen molar-refractivity contribution in [3.05, 3.63) is 24.8 Å². The molecule has 0 saturated carbocycles. The van der Waals surface area contributed by atoms with Crippen molar-refractivity contribution in [2.75, 3.05) is 13.2 Å². The van der Waals surface area contributed by atoms with E-state index in [2.05, 4.69) is 11.3 Å². The van der Waals surface area contributed by atoms with Gasteiger partial charge < -0.3 is 9.47 Å². The van der Waals surface area contributed by atoms with Crippen molar-refractivity contribution in [1.82, 2.24) is 0 Å². The molecule has 0 amide bonds. The second kappa shape index (κ2) is 8.99. The average Bonchev–Trinajstić information content (AvgIpc) is 2.24. The van der Waals surface area contributed by atoms with Crippen molar-refractivity contribution in [3.63, 3.8) is 0 Å². The van der Waals surface area contributed by atoms with Crippen LogP contribution in [0.1, 0.15) is 19.8 Å². The highest BCUT2D eigenvalue weighted by molar-refractivity contribution is 5.91. The number of unbranched alkanes of at least 4 members (excludes halogenated alkanes) is 1. The van der Waals surface area contributed by atoms with Crippen molar-refractivity contribution in [1.29, 1.82) is 0 Å². The molecule has 15 heavy (non-hydrogen) atoms. The third-order valence-corrected chi connectivity index (χ3v) is 1.44. The van der Waals surface area contributed by atoms with Crippen LogP contribution in [0, 0.1) is 0 Å². The Morgan fingerprint density at radius 2 is 1.80 bits per heavy atom. The summed E-state index contributed by atoms with van der Waals surface area (Å²) in [7, 11) is 0. The molecular formula is C11H16O4. The molecule has 0 aliphatic heterocycles. The molecule has 4 nitrogen and oxygen atoms in total. The number of carbonyl (C=O) groups excluding carboxylic acids is 2. The molecule has 0 aromatic rings. The van der Waals surface area contributed by atoms with Gasteiger partial charge in [-0.15, -0.1) is 0 Å². The molecule has 0 aromatic carbocycles. The quantitative estimate of drug-likeness (QED) is 0.278. The molecule has 0 radical (unpaired) electrons. The highest BCUT2D eigenvalue weighted by Gasteiger charge is 1.99. The van der Waals surface area contributed by atoms with Gasteiger partial charge in [0.05, 0.1) is 6.61 Å². The summed E-state index contributed by atoms with van der Waals surface area (Å²) < 4.78 is 9.40. The largest absolute Gasteiger partial charge is 0.463 e. The standard InChI is InChI=1S/C11H16O4/c1-3-5-9-15-11(13)7-6-10(12)14-8-4-2/h4,6-7H,2-3,5,8-9H2,1H3/b7-6-. The lowest BCUT2D eigenvalue weighted by atomic mass is 10.4. The van der Waals surface area contributed by atoms with E-state index < -0.39 is 11.9 Å². The van der Waals surface area contributed by atoms with Gasteiger partial charge in [-0.25, -0.2) is 9.59 Å². The van der Waals surface area contributed by atoms with Crippen LogP contribution in [0.5, 0.6) is 0 Å². The highest BCUT2D eigenvalue weighted by Crippen LogP contribution is 1.90. The van der Waals surface area contributed by atoms with Crippen LogP contribution in [0.15, 0.2) is 24.8 Å². The lowest BCUT2D eigenvalue weighted by Crippen LogP contribution is -2.05. The van der Waals surface area contributed by atoms with Gasteiger partial charge in [-0.05, 0) is 6.42 Å². The molecule has 0 unspecified atom stereocenters. The normalized spacial score (nSPS) is 9.93. The molecule has 0 aromatic heterocycles. The van der Waals surface area contributed by atoms with Gasteiger partial charge in [0.2, 0.25) is 0 Å². The number of carbonyl (C=O) groups is 2. The summed E-state index contributed by atoms with van der Waals surface area (Å²) in [6.45, 7) is 5.89. The minimum atomic E-state index is -0.581. The SMILES string of the molecule is C=CCOC(=O)/C=C\C(=O)OCCCC. The molecule has 0 saturated heterocycles. The molecule has 0 heterocycles. The average molecular weight is 212 g/mol. The smallest absolute Gasteiger partial charge is 0.331 e. The van der Waals surface area contributed by atoms with Gasteiger partial charge in [-0.1, -0.05) is 26.0 Å². The number of hydrogen-bond donors (Lipinski definition) is 0. The third-order valence-electron chi connectivity index (χ3n) is 1.44. The molecule has 0 bridgehead atoms. The first-order chi connectivity index (χ1) is 7.20. The second-order valence-corrected chi connectivity index (χ2v) is 2.77. The molecule has 4 heteroatoms. The van der Waals surface area contributed by atoms with E-state index in [1.54, 1.807) is 0 Å². The summed E-state index contributed by atoms with van der Waals surface area (Å²) in [4.78, 5) is 21.8. The van der Waals surface area contributed by atoms with Gasteiger partial charge in [0.15, 0.2) is 0 Å². The summed E-state index contributed by atoms with van der Waals surface area (Å²) in [5, 5.41) is 0. The number of hydrogen-bond acceptors (Lipinski definition) is 4. The Bertz CT molecular complexity index is 243. The van der Waals surface area contributed by atoms with E-state index in [0.29, 0.717) is 6.61 Å². The van der Waals surface area contributed by atoms with Crippen molar-refractivity contribution in [2.45, 2.75) is 19.8 Å². The summed E-state index contributed by atoms with van der Waals surface area (Å²) in [6, 6.07) is 0. The fraction of sp³-hybridized carbons (Fsp3) is 0.455. The molecule has 0 rings (SSSR count). The minimum Gasteiger partial charge on any atom is -0.463 e. The zero-order valence-electron chi connectivity index (χ0n) is 8.90. The van der Waals surface area contributed by atoms with Crippen LogP contribution in [0.4, 0.5) is 0 Å². The van der Waals surface area contributed by atoms with E-state index in [9.17, 15) is 9.59 Å². The Labute approximate surface area is 89.6 Å². The maximum atomic E-state index is 11.0. The second-order valence-electron chi connectivity index (χ2n) is 2.77. The molecule has 0 atom stereocenters. The van der Waals surface area contributed by atoms with Gasteiger partial charge in [0, 0.05) is 12.2 Å². The maximum absolute atomic E-state index is 11.0. The first-order valence-corrected chi connectivity index (χ1v) is 4.83. The number of rotatable bonds is 7. The fourth-order valence-corrected chi connectivity index (χ4v) is 0.690. The summed E-state index contributed by atoms with van der Waals surface area (Å²) in [5.74, 6) is -1.11. The van der Waals surface area contributed by atoms with Crippen molar-refractivity contribution in [2.24, 2.45) is 0 Å². The maximum Gasteiger partial charge on any atom is 0.331 e. The van der Waals surface area contributed by atoms with Gasteiger partial charge in [0.1, 0.15) is 6.61 Å². The Kier molecular flexibility index (Phi) is 8.05. The van der Waals surface area contributed by atoms with Gasteiger partial charge >= 0.3 is 11.9 Å². The lowest BCUT2D eigenvalue weighted by molar-refractivity contribution is -0.140. The van der Waals surface area contributed by atoms with E-state index in [1.807, 2.05) is 6.92 Å². The monoisotopic (exact) mass is 212 g/mol. The van der Waals surface area contributed by atoms with E-state index in [0.717, 1.165) is 25.0 Å². The molecule has 0 aliphatic carbocycles. The van der Waals surface area contributed by atoms with Gasteiger partial charge in [-0.2, -0.15) is 0 Å². The Morgan fingerprint density at radius 1 is 1.20 bits per heavy atom. The summed E-state index contributed by atoms with van der Waals surface area (Å²) in [5.41, 5.74) is 0. The number of ether oxygens (including phenoxy) is 2. The molecular weight excluding hydrogens is 196 g/mol. The van der Waals surface area contributed by atoms with E-state index in [4.69, 9.17) is 4.74 Å². The Hall–Kier alpha value is -1.58. The predicted octanol–water partition coefficient (Wildman–Crippen LogP) is 1.62. The first kappa shape index (κ1) is 13.4. The lowest BCUT2D eigenvalue weighted by Gasteiger charge is -1.99. The summed E-state index contributed by atoms with van der Waals surface area (Å²) >= 11 is 0. The van der Waals surface area contributed by atoms with Crippen LogP contribution in [0.25, 0.3) is 0 Å². The molecule has 0 spiro atoms. The van der Waals surface area contributed by atoms with Gasteiger partial charge in [-0.3, -0.25) is 0 Å². The van der Waals surface area contributed by atoms with E-state index in [-0.39, 0.29) is 6.61 Å².